The van der Waals surface area contributed by atoms with Crippen LogP contribution in [0.5, 0.6) is 0 Å². The van der Waals surface area contributed by atoms with Crippen molar-refractivity contribution in [2.24, 2.45) is 5.92 Å². The monoisotopic (exact) mass is 266 g/mol. The first kappa shape index (κ1) is 15.3. The van der Waals surface area contributed by atoms with E-state index in [2.05, 4.69) is 31.0 Å². The Hall–Kier alpha value is -0.0800. The summed E-state index contributed by atoms with van der Waals surface area (Å²) in [6.45, 7) is 10.9. The zero-order valence-electron chi connectivity index (χ0n) is 13.4. The van der Waals surface area contributed by atoms with E-state index in [1.807, 2.05) is 0 Å². The first-order valence-electron chi connectivity index (χ1n) is 8.71. The molecule has 1 aliphatic heterocycles. The van der Waals surface area contributed by atoms with E-state index in [0.717, 1.165) is 12.5 Å². The third-order valence-corrected chi connectivity index (χ3v) is 5.64. The molecule has 0 radical (unpaired) electrons. The zero-order valence-corrected chi connectivity index (χ0v) is 13.4. The van der Waals surface area contributed by atoms with Crippen LogP contribution < -0.4 is 5.32 Å². The largest absolute Gasteiger partial charge is 0.312 e. The molecule has 1 aliphatic carbocycles. The summed E-state index contributed by atoms with van der Waals surface area (Å²) < 4.78 is 0. The van der Waals surface area contributed by atoms with E-state index in [4.69, 9.17) is 0 Å². The number of hydrogen-bond donors (Lipinski definition) is 1. The van der Waals surface area contributed by atoms with Crippen molar-refractivity contribution in [1.82, 2.24) is 10.2 Å². The lowest BCUT2D eigenvalue weighted by Gasteiger charge is -2.46. The van der Waals surface area contributed by atoms with Crippen molar-refractivity contribution in [3.63, 3.8) is 0 Å². The smallest absolute Gasteiger partial charge is 0.0362 e. The van der Waals surface area contributed by atoms with Gasteiger partial charge in [0, 0.05) is 11.6 Å². The first-order valence-corrected chi connectivity index (χ1v) is 8.71. The number of nitrogens with one attached hydrogen (secondary N) is 1. The lowest BCUT2D eigenvalue weighted by Crippen LogP contribution is -2.59. The third kappa shape index (κ3) is 3.33. The lowest BCUT2D eigenvalue weighted by atomic mass is 9.81. The molecule has 0 amide bonds. The van der Waals surface area contributed by atoms with Gasteiger partial charge in [0.25, 0.3) is 0 Å². The van der Waals surface area contributed by atoms with Crippen LogP contribution in [-0.4, -0.2) is 36.1 Å². The van der Waals surface area contributed by atoms with Crippen LogP contribution in [0.2, 0.25) is 0 Å². The molecular weight excluding hydrogens is 232 g/mol. The SMILES string of the molecule is CCNC(CC(C)CC)C1(N2CCCC2)CCCC1. The van der Waals surface area contributed by atoms with E-state index < -0.39 is 0 Å². The van der Waals surface area contributed by atoms with Crippen molar-refractivity contribution in [3.05, 3.63) is 0 Å². The van der Waals surface area contributed by atoms with Gasteiger partial charge in [0.2, 0.25) is 0 Å². The van der Waals surface area contributed by atoms with Crippen LogP contribution in [-0.2, 0) is 0 Å². The second kappa shape index (κ2) is 7.08. The molecule has 2 fully saturated rings. The standard InChI is InChI=1S/C17H34N2/c1-4-15(3)14-16(18-5-2)17(10-6-7-11-17)19-12-8-9-13-19/h15-16,18H,4-14H2,1-3H3. The summed E-state index contributed by atoms with van der Waals surface area (Å²) in [4.78, 5) is 2.86. The van der Waals surface area contributed by atoms with Gasteiger partial charge in [-0.3, -0.25) is 4.90 Å². The summed E-state index contributed by atoms with van der Waals surface area (Å²) >= 11 is 0. The molecule has 0 aromatic heterocycles. The van der Waals surface area contributed by atoms with Crippen LogP contribution in [0.25, 0.3) is 0 Å². The Morgan fingerprint density at radius 1 is 1.05 bits per heavy atom. The Morgan fingerprint density at radius 2 is 1.68 bits per heavy atom. The fourth-order valence-electron chi connectivity index (χ4n) is 4.34. The quantitative estimate of drug-likeness (QED) is 0.754. The van der Waals surface area contributed by atoms with Gasteiger partial charge in [0.15, 0.2) is 0 Å². The molecule has 2 nitrogen and oxygen atoms in total. The first-order chi connectivity index (χ1) is 9.23. The summed E-state index contributed by atoms with van der Waals surface area (Å²) in [5, 5.41) is 3.87. The van der Waals surface area contributed by atoms with Crippen LogP contribution in [0.3, 0.4) is 0 Å². The second-order valence-corrected chi connectivity index (χ2v) is 6.86. The summed E-state index contributed by atoms with van der Waals surface area (Å²) in [5.74, 6) is 0.851. The van der Waals surface area contributed by atoms with Crippen molar-refractivity contribution in [3.8, 4) is 0 Å². The molecular formula is C17H34N2. The molecule has 2 rings (SSSR count). The number of hydrogen-bond acceptors (Lipinski definition) is 2. The predicted octanol–water partition coefficient (Wildman–Crippen LogP) is 3.81. The van der Waals surface area contributed by atoms with Gasteiger partial charge in [-0.2, -0.15) is 0 Å². The summed E-state index contributed by atoms with van der Waals surface area (Å²) in [7, 11) is 0. The molecule has 2 unspecified atom stereocenters. The van der Waals surface area contributed by atoms with Gasteiger partial charge in [-0.15, -0.1) is 0 Å². The Morgan fingerprint density at radius 3 is 2.21 bits per heavy atom. The van der Waals surface area contributed by atoms with Gasteiger partial charge in [-0.25, -0.2) is 0 Å². The minimum Gasteiger partial charge on any atom is -0.312 e. The van der Waals surface area contributed by atoms with Gasteiger partial charge in [0.05, 0.1) is 0 Å². The van der Waals surface area contributed by atoms with Crippen LogP contribution in [0.15, 0.2) is 0 Å². The fourth-order valence-corrected chi connectivity index (χ4v) is 4.34. The molecule has 1 saturated carbocycles. The highest BCUT2D eigenvalue weighted by Gasteiger charge is 2.46. The minimum absolute atomic E-state index is 0.496. The van der Waals surface area contributed by atoms with E-state index in [1.54, 1.807) is 0 Å². The molecule has 1 heterocycles. The van der Waals surface area contributed by atoms with Gasteiger partial charge in [0.1, 0.15) is 0 Å². The average molecular weight is 266 g/mol. The molecule has 1 saturated heterocycles. The van der Waals surface area contributed by atoms with Crippen LogP contribution in [0.1, 0.15) is 72.1 Å². The van der Waals surface area contributed by atoms with Crippen molar-refractivity contribution in [2.45, 2.75) is 83.7 Å². The highest BCUT2D eigenvalue weighted by atomic mass is 15.2. The molecule has 112 valence electrons. The number of nitrogens with zero attached hydrogens (tertiary/aromatic N) is 1. The average Bonchev–Trinajstić information content (AvgIpc) is 3.09. The highest BCUT2D eigenvalue weighted by Crippen LogP contribution is 2.41. The Bertz CT molecular complexity index is 252. The van der Waals surface area contributed by atoms with E-state index in [0.29, 0.717) is 11.6 Å². The fraction of sp³-hybridized carbons (Fsp3) is 1.00. The van der Waals surface area contributed by atoms with Crippen molar-refractivity contribution in [1.29, 1.82) is 0 Å². The summed E-state index contributed by atoms with van der Waals surface area (Å²) in [6, 6.07) is 0.716. The minimum atomic E-state index is 0.496. The lowest BCUT2D eigenvalue weighted by molar-refractivity contribution is 0.0670. The van der Waals surface area contributed by atoms with Gasteiger partial charge < -0.3 is 5.32 Å². The molecule has 2 aliphatic rings. The summed E-state index contributed by atoms with van der Waals surface area (Å²) in [6.07, 6.45) is 11.3. The normalized spacial score (nSPS) is 26.7. The van der Waals surface area contributed by atoms with E-state index >= 15 is 0 Å². The molecule has 1 N–H and O–H groups in total. The van der Waals surface area contributed by atoms with Gasteiger partial charge in [-0.05, 0) is 57.7 Å². The molecule has 0 spiro atoms. The molecule has 2 atom stereocenters. The van der Waals surface area contributed by atoms with E-state index in [9.17, 15) is 0 Å². The number of rotatable bonds is 7. The topological polar surface area (TPSA) is 15.3 Å². The number of likely N-dealkylation sites (N-methyl/N-ethyl adjacent to an activating group) is 1. The van der Waals surface area contributed by atoms with Crippen molar-refractivity contribution >= 4 is 0 Å². The van der Waals surface area contributed by atoms with E-state index in [-0.39, 0.29) is 0 Å². The van der Waals surface area contributed by atoms with Crippen molar-refractivity contribution in [2.75, 3.05) is 19.6 Å². The Kier molecular flexibility index (Phi) is 5.70. The Balaban J connectivity index is 2.12. The third-order valence-electron chi connectivity index (χ3n) is 5.64. The maximum atomic E-state index is 3.87. The molecule has 19 heavy (non-hydrogen) atoms. The molecule has 0 aromatic rings. The Labute approximate surface area is 120 Å². The molecule has 0 bridgehead atoms. The number of likely N-dealkylation sites (tertiary alicyclic amines) is 1. The zero-order chi connectivity index (χ0) is 13.7. The van der Waals surface area contributed by atoms with Crippen molar-refractivity contribution < 1.29 is 0 Å². The highest BCUT2D eigenvalue weighted by molar-refractivity contribution is 5.04. The van der Waals surface area contributed by atoms with Crippen LogP contribution in [0.4, 0.5) is 0 Å². The van der Waals surface area contributed by atoms with Gasteiger partial charge >= 0.3 is 0 Å². The maximum Gasteiger partial charge on any atom is 0.0362 e. The second-order valence-electron chi connectivity index (χ2n) is 6.86. The van der Waals surface area contributed by atoms with Gasteiger partial charge in [-0.1, -0.05) is 40.0 Å². The summed E-state index contributed by atoms with van der Waals surface area (Å²) in [5.41, 5.74) is 0.496. The molecule has 2 heteroatoms. The van der Waals surface area contributed by atoms with Crippen LogP contribution in [0, 0.1) is 5.92 Å². The van der Waals surface area contributed by atoms with Crippen LogP contribution >= 0.6 is 0 Å². The predicted molar refractivity (Wildman–Crippen MR) is 83.5 cm³/mol. The molecule has 0 aromatic carbocycles. The maximum absolute atomic E-state index is 3.87. The van der Waals surface area contributed by atoms with E-state index in [1.165, 1.54) is 64.5 Å².